The summed E-state index contributed by atoms with van der Waals surface area (Å²) in [5.41, 5.74) is 8.84. The zero-order valence-electron chi connectivity index (χ0n) is 18.0. The first-order valence-corrected chi connectivity index (χ1v) is 10.3. The molecule has 0 unspecified atom stereocenters. The third kappa shape index (κ3) is 6.55. The van der Waals surface area contributed by atoms with Gasteiger partial charge in [-0.3, -0.25) is 9.78 Å². The first-order valence-electron chi connectivity index (χ1n) is 10.3. The topological polar surface area (TPSA) is 77.7 Å². The third-order valence-electron chi connectivity index (χ3n) is 4.90. The molecule has 0 fully saturated rings. The average Bonchev–Trinajstić information content (AvgIpc) is 2.81. The van der Waals surface area contributed by atoms with Gasteiger partial charge in [-0.05, 0) is 42.3 Å². The zero-order valence-corrected chi connectivity index (χ0v) is 18.0. The number of ether oxygens (including phenoxy) is 2. The summed E-state index contributed by atoms with van der Waals surface area (Å²) in [5, 5.41) is 0. The van der Waals surface area contributed by atoms with Crippen molar-refractivity contribution < 1.29 is 14.3 Å². The molecular weight excluding hydrogens is 390 g/mol. The summed E-state index contributed by atoms with van der Waals surface area (Å²) in [5.74, 6) is 1.19. The zero-order chi connectivity index (χ0) is 22.1. The SMILES string of the molecule is COc1cc(CN(CCc2ccccn2)C(=O)[C@H](C)N)ccc1OCc1ccccc1. The van der Waals surface area contributed by atoms with Crippen LogP contribution in [-0.2, 0) is 24.4 Å². The van der Waals surface area contributed by atoms with Gasteiger partial charge in [0, 0.05) is 31.4 Å². The summed E-state index contributed by atoms with van der Waals surface area (Å²) >= 11 is 0. The van der Waals surface area contributed by atoms with Crippen LogP contribution in [0.5, 0.6) is 11.5 Å². The molecule has 0 saturated carbocycles. The van der Waals surface area contributed by atoms with Gasteiger partial charge in [0.2, 0.25) is 5.91 Å². The van der Waals surface area contributed by atoms with Crippen molar-refractivity contribution in [2.75, 3.05) is 13.7 Å². The van der Waals surface area contributed by atoms with E-state index < -0.39 is 6.04 Å². The normalized spacial score (nSPS) is 11.6. The van der Waals surface area contributed by atoms with Gasteiger partial charge in [0.1, 0.15) is 6.61 Å². The van der Waals surface area contributed by atoms with E-state index in [0.717, 1.165) is 16.8 Å². The fourth-order valence-electron chi connectivity index (χ4n) is 3.24. The van der Waals surface area contributed by atoms with Gasteiger partial charge >= 0.3 is 0 Å². The van der Waals surface area contributed by atoms with Crippen LogP contribution in [0.25, 0.3) is 0 Å². The van der Waals surface area contributed by atoms with Crippen LogP contribution in [0.2, 0.25) is 0 Å². The molecule has 0 aliphatic rings. The number of hydrogen-bond donors (Lipinski definition) is 1. The molecule has 0 aliphatic heterocycles. The minimum atomic E-state index is -0.570. The average molecular weight is 420 g/mol. The predicted molar refractivity (Wildman–Crippen MR) is 121 cm³/mol. The number of aromatic nitrogens is 1. The third-order valence-corrected chi connectivity index (χ3v) is 4.90. The molecule has 1 atom stereocenters. The predicted octanol–water partition coefficient (Wildman–Crippen LogP) is 3.59. The van der Waals surface area contributed by atoms with Crippen molar-refractivity contribution in [1.82, 2.24) is 9.88 Å². The highest BCUT2D eigenvalue weighted by Gasteiger charge is 2.19. The van der Waals surface area contributed by atoms with E-state index in [0.29, 0.717) is 37.6 Å². The largest absolute Gasteiger partial charge is 0.493 e. The van der Waals surface area contributed by atoms with E-state index in [4.69, 9.17) is 15.2 Å². The first-order chi connectivity index (χ1) is 15.1. The Hall–Kier alpha value is -3.38. The summed E-state index contributed by atoms with van der Waals surface area (Å²) in [6, 6.07) is 20.9. The molecule has 6 heteroatoms. The van der Waals surface area contributed by atoms with E-state index in [9.17, 15) is 4.79 Å². The highest BCUT2D eigenvalue weighted by molar-refractivity contribution is 5.81. The van der Waals surface area contributed by atoms with E-state index in [1.54, 1.807) is 25.1 Å². The van der Waals surface area contributed by atoms with Crippen molar-refractivity contribution >= 4 is 5.91 Å². The molecule has 162 valence electrons. The Bertz CT molecular complexity index is 962. The quantitative estimate of drug-likeness (QED) is 0.543. The number of hydrogen-bond acceptors (Lipinski definition) is 5. The van der Waals surface area contributed by atoms with Crippen molar-refractivity contribution in [3.8, 4) is 11.5 Å². The maximum Gasteiger partial charge on any atom is 0.239 e. The maximum absolute atomic E-state index is 12.7. The number of rotatable bonds is 10. The minimum Gasteiger partial charge on any atom is -0.493 e. The minimum absolute atomic E-state index is 0.0979. The second kappa shape index (κ2) is 11.1. The van der Waals surface area contributed by atoms with E-state index in [-0.39, 0.29) is 5.91 Å². The number of amides is 1. The van der Waals surface area contributed by atoms with Crippen LogP contribution < -0.4 is 15.2 Å². The Morgan fingerprint density at radius 3 is 2.48 bits per heavy atom. The Balaban J connectivity index is 1.70. The lowest BCUT2D eigenvalue weighted by atomic mass is 10.1. The Morgan fingerprint density at radius 2 is 1.81 bits per heavy atom. The van der Waals surface area contributed by atoms with Crippen LogP contribution in [0.3, 0.4) is 0 Å². The lowest BCUT2D eigenvalue weighted by Crippen LogP contribution is -2.42. The van der Waals surface area contributed by atoms with Gasteiger partial charge in [0.25, 0.3) is 0 Å². The molecule has 2 N–H and O–H groups in total. The van der Waals surface area contributed by atoms with Gasteiger partial charge < -0.3 is 20.1 Å². The van der Waals surface area contributed by atoms with Crippen LogP contribution in [0.1, 0.15) is 23.7 Å². The van der Waals surface area contributed by atoms with Gasteiger partial charge in [0.05, 0.1) is 13.2 Å². The number of benzene rings is 2. The van der Waals surface area contributed by atoms with E-state index in [1.807, 2.05) is 66.7 Å². The molecule has 0 radical (unpaired) electrons. The van der Waals surface area contributed by atoms with Crippen LogP contribution in [0, 0.1) is 0 Å². The number of nitrogens with zero attached hydrogens (tertiary/aromatic N) is 2. The van der Waals surface area contributed by atoms with Crippen molar-refractivity contribution in [3.63, 3.8) is 0 Å². The lowest BCUT2D eigenvalue weighted by Gasteiger charge is -2.25. The highest BCUT2D eigenvalue weighted by atomic mass is 16.5. The van der Waals surface area contributed by atoms with Gasteiger partial charge in [-0.2, -0.15) is 0 Å². The number of methoxy groups -OCH3 is 1. The van der Waals surface area contributed by atoms with Gasteiger partial charge in [-0.1, -0.05) is 42.5 Å². The molecular formula is C25H29N3O3. The summed E-state index contributed by atoms with van der Waals surface area (Å²) in [7, 11) is 1.61. The second-order valence-electron chi connectivity index (χ2n) is 7.38. The summed E-state index contributed by atoms with van der Waals surface area (Å²) < 4.78 is 11.5. The summed E-state index contributed by atoms with van der Waals surface area (Å²) in [4.78, 5) is 18.8. The fourth-order valence-corrected chi connectivity index (χ4v) is 3.24. The molecule has 1 amide bonds. The van der Waals surface area contributed by atoms with Crippen molar-refractivity contribution in [2.24, 2.45) is 5.73 Å². The molecule has 1 heterocycles. The van der Waals surface area contributed by atoms with Crippen molar-refractivity contribution in [2.45, 2.75) is 32.5 Å². The van der Waals surface area contributed by atoms with E-state index in [2.05, 4.69) is 4.98 Å². The van der Waals surface area contributed by atoms with Crippen molar-refractivity contribution in [3.05, 3.63) is 89.7 Å². The molecule has 0 saturated heterocycles. The molecule has 6 nitrogen and oxygen atoms in total. The molecule has 0 aliphatic carbocycles. The summed E-state index contributed by atoms with van der Waals surface area (Å²) in [6.45, 7) is 3.13. The maximum atomic E-state index is 12.7. The lowest BCUT2D eigenvalue weighted by molar-refractivity contribution is -0.132. The van der Waals surface area contributed by atoms with Gasteiger partial charge in [0.15, 0.2) is 11.5 Å². The molecule has 2 aromatic carbocycles. The van der Waals surface area contributed by atoms with Crippen LogP contribution in [0.15, 0.2) is 72.9 Å². The molecule has 3 rings (SSSR count). The standard InChI is InChI=1S/C25H29N3O3/c1-19(26)25(29)28(15-13-22-10-6-7-14-27-22)17-21-11-12-23(24(16-21)30-2)31-18-20-8-4-3-5-9-20/h3-12,14,16,19H,13,15,17-18,26H2,1-2H3/t19-/m0/s1. The van der Waals surface area contributed by atoms with E-state index >= 15 is 0 Å². The second-order valence-corrected chi connectivity index (χ2v) is 7.38. The van der Waals surface area contributed by atoms with Crippen LogP contribution in [0.4, 0.5) is 0 Å². The summed E-state index contributed by atoms with van der Waals surface area (Å²) in [6.07, 6.45) is 2.42. The number of carbonyl (C=O) groups excluding carboxylic acids is 1. The van der Waals surface area contributed by atoms with Crippen LogP contribution >= 0.6 is 0 Å². The van der Waals surface area contributed by atoms with Gasteiger partial charge in [-0.15, -0.1) is 0 Å². The molecule has 31 heavy (non-hydrogen) atoms. The highest BCUT2D eigenvalue weighted by Crippen LogP contribution is 2.29. The first kappa shape index (κ1) is 22.3. The Kier molecular flexibility index (Phi) is 8.01. The Labute approximate surface area is 183 Å². The van der Waals surface area contributed by atoms with Crippen molar-refractivity contribution in [1.29, 1.82) is 0 Å². The molecule has 0 bridgehead atoms. The molecule has 1 aromatic heterocycles. The van der Waals surface area contributed by atoms with E-state index in [1.165, 1.54) is 0 Å². The van der Waals surface area contributed by atoms with Crippen LogP contribution in [-0.4, -0.2) is 35.5 Å². The number of nitrogens with two attached hydrogens (primary N) is 1. The Morgan fingerprint density at radius 1 is 1.03 bits per heavy atom. The fraction of sp³-hybridized carbons (Fsp3) is 0.280. The van der Waals surface area contributed by atoms with Gasteiger partial charge in [-0.25, -0.2) is 0 Å². The number of carbonyl (C=O) groups is 1. The molecule has 0 spiro atoms. The molecule has 3 aromatic rings. The number of pyridine rings is 1. The smallest absolute Gasteiger partial charge is 0.239 e. The monoisotopic (exact) mass is 419 g/mol.